The number of nitrogen functional groups attached to an aromatic ring is 1. The number of hydrogen-bond donors (Lipinski definition) is 2. The van der Waals surface area contributed by atoms with Crippen molar-refractivity contribution >= 4 is 33.3 Å². The highest BCUT2D eigenvalue weighted by Gasteiger charge is 2.17. The number of rotatable bonds is 4. The number of aryl methyl sites for hydroxylation is 1. The molecule has 0 aromatic carbocycles. The van der Waals surface area contributed by atoms with Crippen LogP contribution < -0.4 is 11.1 Å². The summed E-state index contributed by atoms with van der Waals surface area (Å²) in [6, 6.07) is 0. The van der Waals surface area contributed by atoms with Crippen LogP contribution in [0.1, 0.15) is 15.5 Å². The van der Waals surface area contributed by atoms with Crippen LogP contribution in [-0.4, -0.2) is 37.2 Å². The molecule has 9 heteroatoms. The van der Waals surface area contributed by atoms with E-state index >= 15 is 0 Å². The molecule has 8 nitrogen and oxygen atoms in total. The van der Waals surface area contributed by atoms with Crippen molar-refractivity contribution in [2.45, 2.75) is 6.42 Å². The Labute approximate surface area is 124 Å². The van der Waals surface area contributed by atoms with E-state index < -0.39 is 0 Å². The summed E-state index contributed by atoms with van der Waals surface area (Å²) >= 11 is 1.24. The van der Waals surface area contributed by atoms with Crippen LogP contribution in [0.25, 0.3) is 10.3 Å². The number of fused-ring (bicyclic) bond motifs is 1. The smallest absolute Gasteiger partial charge is 0.263 e. The Morgan fingerprint density at radius 2 is 2.24 bits per heavy atom. The van der Waals surface area contributed by atoms with Gasteiger partial charge in [-0.05, 0) is 0 Å². The van der Waals surface area contributed by atoms with Gasteiger partial charge in [-0.1, -0.05) is 0 Å². The number of anilines is 1. The maximum Gasteiger partial charge on any atom is 0.263 e. The van der Waals surface area contributed by atoms with Crippen LogP contribution in [0.2, 0.25) is 0 Å². The van der Waals surface area contributed by atoms with Crippen LogP contribution in [0.5, 0.6) is 0 Å². The summed E-state index contributed by atoms with van der Waals surface area (Å²) < 4.78 is 1.81. The van der Waals surface area contributed by atoms with Gasteiger partial charge in [-0.15, -0.1) is 21.5 Å². The maximum atomic E-state index is 12.2. The zero-order valence-corrected chi connectivity index (χ0v) is 12.1. The monoisotopic (exact) mass is 303 g/mol. The number of amides is 1. The van der Waals surface area contributed by atoms with E-state index in [2.05, 4.69) is 25.5 Å². The van der Waals surface area contributed by atoms with Crippen molar-refractivity contribution in [2.75, 3.05) is 12.3 Å². The molecule has 1 amide bonds. The minimum absolute atomic E-state index is 0.223. The van der Waals surface area contributed by atoms with Crippen LogP contribution in [0.4, 0.5) is 5.69 Å². The first-order chi connectivity index (χ1) is 10.2. The number of carbonyl (C=O) groups is 1. The Hall–Kier alpha value is -2.55. The summed E-state index contributed by atoms with van der Waals surface area (Å²) in [5.74, 6) is 0.586. The summed E-state index contributed by atoms with van der Waals surface area (Å²) in [6.07, 6.45) is 5.36. The molecule has 3 heterocycles. The highest BCUT2D eigenvalue weighted by atomic mass is 32.1. The molecule has 21 heavy (non-hydrogen) atoms. The molecular formula is C12H13N7OS. The van der Waals surface area contributed by atoms with Gasteiger partial charge in [0.2, 0.25) is 0 Å². The van der Waals surface area contributed by atoms with Crippen LogP contribution in [0.15, 0.2) is 18.7 Å². The first-order valence-electron chi connectivity index (χ1n) is 6.27. The molecular weight excluding hydrogens is 290 g/mol. The summed E-state index contributed by atoms with van der Waals surface area (Å²) in [6.45, 7) is 0.458. The minimum atomic E-state index is -0.223. The second-order valence-corrected chi connectivity index (χ2v) is 5.42. The van der Waals surface area contributed by atoms with E-state index in [4.69, 9.17) is 5.73 Å². The lowest BCUT2D eigenvalue weighted by atomic mass is 10.3. The van der Waals surface area contributed by atoms with Crippen LogP contribution in [0, 0.1) is 0 Å². The van der Waals surface area contributed by atoms with Crippen molar-refractivity contribution < 1.29 is 4.79 Å². The Morgan fingerprint density at radius 1 is 1.43 bits per heavy atom. The molecule has 0 bridgehead atoms. The molecule has 0 saturated carbocycles. The van der Waals surface area contributed by atoms with Gasteiger partial charge in [0.15, 0.2) is 0 Å². The van der Waals surface area contributed by atoms with E-state index in [0.717, 1.165) is 5.82 Å². The minimum Gasteiger partial charge on any atom is -0.396 e. The van der Waals surface area contributed by atoms with Crippen LogP contribution in [0.3, 0.4) is 0 Å². The van der Waals surface area contributed by atoms with Crippen LogP contribution >= 0.6 is 11.3 Å². The molecule has 0 unspecified atom stereocenters. The van der Waals surface area contributed by atoms with Gasteiger partial charge in [-0.25, -0.2) is 9.97 Å². The van der Waals surface area contributed by atoms with Crippen molar-refractivity contribution in [3.05, 3.63) is 29.4 Å². The van der Waals surface area contributed by atoms with Gasteiger partial charge >= 0.3 is 0 Å². The average Bonchev–Trinajstić information content (AvgIpc) is 3.04. The van der Waals surface area contributed by atoms with Crippen molar-refractivity contribution in [2.24, 2.45) is 7.05 Å². The summed E-state index contributed by atoms with van der Waals surface area (Å²) in [4.78, 5) is 21.6. The van der Waals surface area contributed by atoms with Gasteiger partial charge in [0.1, 0.15) is 27.4 Å². The lowest BCUT2D eigenvalue weighted by Gasteiger charge is -2.03. The third-order valence-electron chi connectivity index (χ3n) is 3.01. The fourth-order valence-electron chi connectivity index (χ4n) is 1.91. The molecule has 3 N–H and O–H groups in total. The standard InChI is InChI=1S/C12H13N7OS/c1-19-6-17-18-7(19)2-3-15-11(20)10-8(13)9-12(21-10)16-5-4-14-9/h4-6H,2-3,13H2,1H3,(H,15,20). The highest BCUT2D eigenvalue weighted by molar-refractivity contribution is 7.21. The van der Waals surface area contributed by atoms with Gasteiger partial charge in [-0.3, -0.25) is 4.79 Å². The van der Waals surface area contributed by atoms with Crippen molar-refractivity contribution in [3.8, 4) is 0 Å². The molecule has 0 radical (unpaired) electrons. The van der Waals surface area contributed by atoms with E-state index in [-0.39, 0.29) is 5.91 Å². The predicted molar refractivity (Wildman–Crippen MR) is 78.9 cm³/mol. The Morgan fingerprint density at radius 3 is 2.95 bits per heavy atom. The van der Waals surface area contributed by atoms with Gasteiger partial charge < -0.3 is 15.6 Å². The normalized spacial score (nSPS) is 10.9. The van der Waals surface area contributed by atoms with Crippen molar-refractivity contribution in [1.29, 1.82) is 0 Å². The van der Waals surface area contributed by atoms with E-state index in [1.165, 1.54) is 11.3 Å². The molecule has 108 valence electrons. The fraction of sp³-hybridized carbons (Fsp3) is 0.250. The largest absolute Gasteiger partial charge is 0.396 e. The summed E-state index contributed by atoms with van der Waals surface area (Å²) in [5, 5.41) is 10.6. The Kier molecular flexibility index (Phi) is 3.48. The number of aromatic nitrogens is 5. The topological polar surface area (TPSA) is 112 Å². The average molecular weight is 303 g/mol. The number of nitrogens with one attached hydrogen (secondary N) is 1. The Balaban J connectivity index is 1.70. The van der Waals surface area contributed by atoms with Gasteiger partial charge in [0, 0.05) is 32.4 Å². The van der Waals surface area contributed by atoms with Gasteiger partial charge in [0.05, 0.1) is 5.69 Å². The molecule has 3 rings (SSSR count). The molecule has 3 aromatic rings. The molecule has 0 aliphatic heterocycles. The second kappa shape index (κ2) is 5.44. The lowest BCUT2D eigenvalue weighted by Crippen LogP contribution is -2.26. The molecule has 0 aliphatic rings. The first-order valence-corrected chi connectivity index (χ1v) is 7.08. The van der Waals surface area contributed by atoms with Crippen molar-refractivity contribution in [3.63, 3.8) is 0 Å². The Bertz CT molecular complexity index is 794. The number of thiophene rings is 1. The summed E-state index contributed by atoms with van der Waals surface area (Å²) in [5.41, 5.74) is 6.90. The molecule has 0 fully saturated rings. The van der Waals surface area contributed by atoms with Gasteiger partial charge in [0.25, 0.3) is 5.91 Å². The predicted octanol–water partition coefficient (Wildman–Crippen LogP) is 0.374. The third-order valence-corrected chi connectivity index (χ3v) is 4.11. The number of hydrogen-bond acceptors (Lipinski definition) is 7. The van der Waals surface area contributed by atoms with Crippen molar-refractivity contribution in [1.82, 2.24) is 30.0 Å². The molecule has 0 atom stereocenters. The van der Waals surface area contributed by atoms with E-state index in [0.29, 0.717) is 33.9 Å². The first kappa shape index (κ1) is 13.4. The number of carbonyl (C=O) groups excluding carboxylic acids is 1. The van der Waals surface area contributed by atoms with E-state index in [1.54, 1.807) is 18.7 Å². The zero-order valence-electron chi connectivity index (χ0n) is 11.3. The molecule has 3 aromatic heterocycles. The zero-order chi connectivity index (χ0) is 14.8. The fourth-order valence-corrected chi connectivity index (χ4v) is 2.85. The highest BCUT2D eigenvalue weighted by Crippen LogP contribution is 2.30. The second-order valence-electron chi connectivity index (χ2n) is 4.42. The van der Waals surface area contributed by atoms with Gasteiger partial charge in [-0.2, -0.15) is 0 Å². The molecule has 0 saturated heterocycles. The maximum absolute atomic E-state index is 12.2. The van der Waals surface area contributed by atoms with E-state index in [1.807, 2.05) is 11.6 Å². The quantitative estimate of drug-likeness (QED) is 0.720. The summed E-state index contributed by atoms with van der Waals surface area (Å²) in [7, 11) is 1.86. The van der Waals surface area contributed by atoms with Crippen LogP contribution in [-0.2, 0) is 13.5 Å². The van der Waals surface area contributed by atoms with E-state index in [9.17, 15) is 4.79 Å². The molecule has 0 spiro atoms. The number of nitrogens with two attached hydrogens (primary N) is 1. The third kappa shape index (κ3) is 2.55. The lowest BCUT2D eigenvalue weighted by molar-refractivity contribution is 0.0959. The number of nitrogens with zero attached hydrogens (tertiary/aromatic N) is 5. The SMILES string of the molecule is Cn1cnnc1CCNC(=O)c1sc2nccnc2c1N. The molecule has 0 aliphatic carbocycles.